The summed E-state index contributed by atoms with van der Waals surface area (Å²) in [6.45, 7) is 4.38. The molecule has 1 atom stereocenters. The predicted molar refractivity (Wildman–Crippen MR) is 134 cm³/mol. The third-order valence-electron chi connectivity index (χ3n) is 6.98. The molecule has 1 heterocycles. The molecular formula is C25H40N4O4S. The Morgan fingerprint density at radius 3 is 2.44 bits per heavy atom. The highest BCUT2D eigenvalue weighted by atomic mass is 32.2. The van der Waals surface area contributed by atoms with Crippen molar-refractivity contribution in [3.05, 3.63) is 24.3 Å². The van der Waals surface area contributed by atoms with E-state index in [1.807, 2.05) is 4.90 Å². The van der Waals surface area contributed by atoms with E-state index in [2.05, 4.69) is 17.6 Å². The molecular weight excluding hydrogens is 452 g/mol. The highest BCUT2D eigenvalue weighted by Crippen LogP contribution is 2.27. The first kappa shape index (κ1) is 26.6. The van der Waals surface area contributed by atoms with E-state index in [4.69, 9.17) is 0 Å². The Hall–Kier alpha value is -1.97. The first-order valence-electron chi connectivity index (χ1n) is 12.7. The van der Waals surface area contributed by atoms with Gasteiger partial charge in [-0.2, -0.15) is 4.31 Å². The van der Waals surface area contributed by atoms with Crippen LogP contribution in [0, 0.1) is 5.92 Å². The van der Waals surface area contributed by atoms with E-state index in [1.54, 1.807) is 31.3 Å². The molecule has 0 spiro atoms. The van der Waals surface area contributed by atoms with Crippen molar-refractivity contribution >= 4 is 27.5 Å². The number of carbonyl (C=O) groups excluding carboxylic acids is 2. The Bertz CT molecular complexity index is 913. The lowest BCUT2D eigenvalue weighted by Gasteiger charge is -2.31. The van der Waals surface area contributed by atoms with Crippen LogP contribution in [0.5, 0.6) is 0 Å². The standard InChI is InChI=1S/C25H40N4O4S/c1-3-4-16-26-25(31)20-9-8-17-29(18-20)19-24(30)27-21-12-14-23(15-13-21)34(32,33)28(2)22-10-6-5-7-11-22/h12-15,20,22H,3-11,16-19H2,1-2H3,(H,26,31)(H,27,30). The summed E-state index contributed by atoms with van der Waals surface area (Å²) >= 11 is 0. The van der Waals surface area contributed by atoms with Gasteiger partial charge in [0.05, 0.1) is 17.4 Å². The van der Waals surface area contributed by atoms with Crippen LogP contribution in [0.3, 0.4) is 0 Å². The molecule has 1 aromatic rings. The lowest BCUT2D eigenvalue weighted by Crippen LogP contribution is -2.45. The molecule has 9 heteroatoms. The maximum Gasteiger partial charge on any atom is 0.243 e. The molecule has 3 rings (SSSR count). The molecule has 1 aliphatic heterocycles. The zero-order valence-corrected chi connectivity index (χ0v) is 21.4. The molecule has 34 heavy (non-hydrogen) atoms. The number of anilines is 1. The Kier molecular flexibility index (Phi) is 9.91. The van der Waals surface area contributed by atoms with Gasteiger partial charge in [-0.15, -0.1) is 0 Å². The van der Waals surface area contributed by atoms with Gasteiger partial charge in [-0.1, -0.05) is 32.6 Å². The second-order valence-corrected chi connectivity index (χ2v) is 11.6. The van der Waals surface area contributed by atoms with Gasteiger partial charge in [-0.3, -0.25) is 14.5 Å². The van der Waals surface area contributed by atoms with E-state index < -0.39 is 10.0 Å². The largest absolute Gasteiger partial charge is 0.356 e. The molecule has 8 nitrogen and oxygen atoms in total. The maximum absolute atomic E-state index is 13.0. The van der Waals surface area contributed by atoms with Gasteiger partial charge in [0.25, 0.3) is 0 Å². The highest BCUT2D eigenvalue weighted by Gasteiger charge is 2.29. The summed E-state index contributed by atoms with van der Waals surface area (Å²) in [6, 6.07) is 6.45. The molecule has 1 saturated carbocycles. The second-order valence-electron chi connectivity index (χ2n) is 9.60. The average Bonchev–Trinajstić information content (AvgIpc) is 2.84. The van der Waals surface area contributed by atoms with Gasteiger partial charge >= 0.3 is 0 Å². The average molecular weight is 493 g/mol. The van der Waals surface area contributed by atoms with Crippen molar-refractivity contribution in [2.75, 3.05) is 38.5 Å². The van der Waals surface area contributed by atoms with Gasteiger partial charge in [0.2, 0.25) is 21.8 Å². The number of hydrogen-bond acceptors (Lipinski definition) is 5. The van der Waals surface area contributed by atoms with E-state index in [1.165, 1.54) is 10.7 Å². The fourth-order valence-corrected chi connectivity index (χ4v) is 6.28. The van der Waals surface area contributed by atoms with Crippen LogP contribution in [0.1, 0.15) is 64.7 Å². The van der Waals surface area contributed by atoms with Crippen molar-refractivity contribution in [2.24, 2.45) is 5.92 Å². The first-order valence-corrected chi connectivity index (χ1v) is 14.1. The van der Waals surface area contributed by atoms with Crippen LogP contribution in [0.4, 0.5) is 5.69 Å². The number of unbranched alkanes of at least 4 members (excludes halogenated alkanes) is 1. The Morgan fingerprint density at radius 1 is 1.06 bits per heavy atom. The minimum atomic E-state index is -3.55. The van der Waals surface area contributed by atoms with E-state index in [0.717, 1.165) is 57.9 Å². The number of rotatable bonds is 10. The van der Waals surface area contributed by atoms with Gasteiger partial charge in [0, 0.05) is 31.9 Å². The minimum Gasteiger partial charge on any atom is -0.356 e. The highest BCUT2D eigenvalue weighted by molar-refractivity contribution is 7.89. The summed E-state index contributed by atoms with van der Waals surface area (Å²) in [5, 5.41) is 5.85. The molecule has 2 N–H and O–H groups in total. The second kappa shape index (κ2) is 12.7. The lowest BCUT2D eigenvalue weighted by atomic mass is 9.96. The van der Waals surface area contributed by atoms with Crippen LogP contribution >= 0.6 is 0 Å². The van der Waals surface area contributed by atoms with E-state index in [9.17, 15) is 18.0 Å². The van der Waals surface area contributed by atoms with Crippen LogP contribution in [0.2, 0.25) is 0 Å². The molecule has 2 fully saturated rings. The number of sulfonamides is 1. The summed E-state index contributed by atoms with van der Waals surface area (Å²) in [7, 11) is -1.89. The quantitative estimate of drug-likeness (QED) is 0.489. The Morgan fingerprint density at radius 2 is 1.76 bits per heavy atom. The topological polar surface area (TPSA) is 98.8 Å². The molecule has 190 valence electrons. The van der Waals surface area contributed by atoms with Gasteiger partial charge in [0.15, 0.2) is 0 Å². The first-order chi connectivity index (χ1) is 16.3. The lowest BCUT2D eigenvalue weighted by molar-refractivity contribution is -0.127. The van der Waals surface area contributed by atoms with Crippen molar-refractivity contribution in [2.45, 2.75) is 75.6 Å². The maximum atomic E-state index is 13.0. The van der Waals surface area contributed by atoms with Gasteiger partial charge in [-0.25, -0.2) is 8.42 Å². The molecule has 1 aromatic carbocycles. The molecule has 2 aliphatic rings. The van der Waals surface area contributed by atoms with Crippen LogP contribution in [-0.2, 0) is 19.6 Å². The van der Waals surface area contributed by atoms with E-state index >= 15 is 0 Å². The minimum absolute atomic E-state index is 0.0558. The fourth-order valence-electron chi connectivity index (χ4n) is 4.87. The zero-order valence-electron chi connectivity index (χ0n) is 20.6. The molecule has 0 bridgehead atoms. The zero-order chi connectivity index (χ0) is 24.6. The summed E-state index contributed by atoms with van der Waals surface area (Å²) < 4.78 is 27.5. The van der Waals surface area contributed by atoms with Gasteiger partial charge < -0.3 is 10.6 Å². The van der Waals surface area contributed by atoms with E-state index in [-0.39, 0.29) is 35.2 Å². The summed E-state index contributed by atoms with van der Waals surface area (Å²) in [5.74, 6) is -0.167. The fraction of sp³-hybridized carbons (Fsp3) is 0.680. The molecule has 0 aromatic heterocycles. The molecule has 0 radical (unpaired) electrons. The van der Waals surface area contributed by atoms with Crippen LogP contribution in [0.15, 0.2) is 29.2 Å². The van der Waals surface area contributed by atoms with Crippen LogP contribution in [0.25, 0.3) is 0 Å². The number of hydrogen-bond donors (Lipinski definition) is 2. The van der Waals surface area contributed by atoms with Crippen LogP contribution < -0.4 is 10.6 Å². The van der Waals surface area contributed by atoms with Gasteiger partial charge in [0.1, 0.15) is 0 Å². The molecule has 1 unspecified atom stereocenters. The number of carbonyl (C=O) groups is 2. The smallest absolute Gasteiger partial charge is 0.243 e. The van der Waals surface area contributed by atoms with Crippen molar-refractivity contribution < 1.29 is 18.0 Å². The number of nitrogens with zero attached hydrogens (tertiary/aromatic N) is 2. The van der Waals surface area contributed by atoms with Crippen molar-refractivity contribution in [3.63, 3.8) is 0 Å². The molecule has 1 aliphatic carbocycles. The summed E-state index contributed by atoms with van der Waals surface area (Å²) in [5.41, 5.74) is 0.565. The summed E-state index contributed by atoms with van der Waals surface area (Å²) in [4.78, 5) is 27.2. The van der Waals surface area contributed by atoms with Crippen molar-refractivity contribution in [3.8, 4) is 0 Å². The third-order valence-corrected chi connectivity index (χ3v) is 8.90. The number of nitrogens with one attached hydrogen (secondary N) is 2. The molecule has 1 saturated heterocycles. The monoisotopic (exact) mass is 492 g/mol. The van der Waals surface area contributed by atoms with Crippen molar-refractivity contribution in [1.29, 1.82) is 0 Å². The summed E-state index contributed by atoms with van der Waals surface area (Å²) in [6.07, 6.45) is 8.87. The number of likely N-dealkylation sites (tertiary alicyclic amines) is 1. The third kappa shape index (κ3) is 7.26. The van der Waals surface area contributed by atoms with E-state index in [0.29, 0.717) is 18.8 Å². The molecule has 2 amide bonds. The predicted octanol–water partition coefficient (Wildman–Crippen LogP) is 3.21. The normalized spacial score (nSPS) is 20.3. The SMILES string of the molecule is CCCCNC(=O)C1CCCN(CC(=O)Nc2ccc(S(=O)(=O)N(C)C3CCCCC3)cc2)C1. The number of amides is 2. The van der Waals surface area contributed by atoms with Gasteiger partial charge in [-0.05, 0) is 62.9 Å². The Balaban J connectivity index is 1.51. The number of benzene rings is 1. The van der Waals surface area contributed by atoms with Crippen LogP contribution in [-0.4, -0.2) is 68.7 Å². The number of piperidine rings is 1. The van der Waals surface area contributed by atoms with Crippen molar-refractivity contribution in [1.82, 2.24) is 14.5 Å². The Labute approximate surface area is 204 Å².